The van der Waals surface area contributed by atoms with Crippen LogP contribution in [0.25, 0.3) is 0 Å². The Morgan fingerprint density at radius 1 is 1.50 bits per heavy atom. The molecule has 64 valence electrons. The Labute approximate surface area is 76.1 Å². The summed E-state index contributed by atoms with van der Waals surface area (Å²) in [5.41, 5.74) is 0.0936. The fourth-order valence-corrected chi connectivity index (χ4v) is 0.956. The molecule has 0 aliphatic heterocycles. The van der Waals surface area contributed by atoms with Gasteiger partial charge in [0.25, 0.3) is 0 Å². The van der Waals surface area contributed by atoms with Crippen LogP contribution < -0.4 is 4.74 Å². The zero-order valence-corrected chi connectivity index (χ0v) is 7.41. The minimum absolute atomic E-state index is 0.425. The highest BCUT2D eigenvalue weighted by molar-refractivity contribution is 6.19. The molecule has 0 aliphatic carbocycles. The summed E-state index contributed by atoms with van der Waals surface area (Å²) in [6.45, 7) is 1.70. The van der Waals surface area contributed by atoms with Gasteiger partial charge in [-0.05, 0) is 19.1 Å². The van der Waals surface area contributed by atoms with E-state index in [0.717, 1.165) is 6.29 Å². The van der Waals surface area contributed by atoms with E-state index in [1.807, 2.05) is 0 Å². The van der Waals surface area contributed by atoms with Crippen molar-refractivity contribution in [3.05, 3.63) is 29.8 Å². The standard InChI is InChI=1S/C9H9ClO2/c1-7(10)12-9-5-3-2-4-8(9)6-11/h2-7H,1H3. The van der Waals surface area contributed by atoms with E-state index in [1.165, 1.54) is 0 Å². The van der Waals surface area contributed by atoms with Gasteiger partial charge in [-0.3, -0.25) is 4.79 Å². The maximum Gasteiger partial charge on any atom is 0.169 e. The Bertz CT molecular complexity index is 271. The summed E-state index contributed by atoms with van der Waals surface area (Å²) in [5, 5.41) is 0. The van der Waals surface area contributed by atoms with E-state index in [0.29, 0.717) is 11.3 Å². The molecule has 0 radical (unpaired) electrons. The molecule has 0 spiro atoms. The van der Waals surface area contributed by atoms with Gasteiger partial charge in [-0.1, -0.05) is 23.7 Å². The molecule has 1 rings (SSSR count). The first kappa shape index (κ1) is 9.07. The number of carbonyl (C=O) groups is 1. The SMILES string of the molecule is CC(Cl)Oc1ccccc1C=O. The zero-order valence-electron chi connectivity index (χ0n) is 6.66. The first-order valence-electron chi connectivity index (χ1n) is 3.59. The maximum absolute atomic E-state index is 10.5. The second-order valence-electron chi connectivity index (χ2n) is 2.32. The highest BCUT2D eigenvalue weighted by Crippen LogP contribution is 2.17. The molecule has 12 heavy (non-hydrogen) atoms. The summed E-state index contributed by atoms with van der Waals surface area (Å²) in [4.78, 5) is 10.5. The van der Waals surface area contributed by atoms with Gasteiger partial charge < -0.3 is 4.74 Å². The summed E-state index contributed by atoms with van der Waals surface area (Å²) in [6, 6.07) is 6.96. The zero-order chi connectivity index (χ0) is 8.97. The number of benzene rings is 1. The molecule has 0 N–H and O–H groups in total. The fourth-order valence-electron chi connectivity index (χ4n) is 0.860. The molecule has 1 atom stereocenters. The molecule has 1 aromatic carbocycles. The lowest BCUT2D eigenvalue weighted by Gasteiger charge is -2.08. The molecule has 0 bridgehead atoms. The van der Waals surface area contributed by atoms with Crippen molar-refractivity contribution in [1.29, 1.82) is 0 Å². The van der Waals surface area contributed by atoms with Gasteiger partial charge in [0.2, 0.25) is 0 Å². The molecule has 0 amide bonds. The average Bonchev–Trinajstić information content (AvgIpc) is 2.04. The topological polar surface area (TPSA) is 26.3 Å². The van der Waals surface area contributed by atoms with Crippen LogP contribution in [0.3, 0.4) is 0 Å². The van der Waals surface area contributed by atoms with E-state index in [4.69, 9.17) is 16.3 Å². The largest absolute Gasteiger partial charge is 0.474 e. The smallest absolute Gasteiger partial charge is 0.169 e. The second kappa shape index (κ2) is 4.12. The molecule has 3 heteroatoms. The van der Waals surface area contributed by atoms with Crippen molar-refractivity contribution in [3.8, 4) is 5.75 Å². The molecule has 2 nitrogen and oxygen atoms in total. The van der Waals surface area contributed by atoms with Crippen LogP contribution in [0.5, 0.6) is 5.75 Å². The van der Waals surface area contributed by atoms with Gasteiger partial charge in [0.15, 0.2) is 11.8 Å². The molecule has 1 unspecified atom stereocenters. The predicted octanol–water partition coefficient (Wildman–Crippen LogP) is 2.46. The molecular formula is C9H9ClO2. The van der Waals surface area contributed by atoms with E-state index in [-0.39, 0.29) is 0 Å². The molecule has 0 aromatic heterocycles. The molecule has 0 saturated heterocycles. The predicted molar refractivity (Wildman–Crippen MR) is 47.8 cm³/mol. The number of halogens is 1. The molecule has 0 fully saturated rings. The van der Waals surface area contributed by atoms with Crippen molar-refractivity contribution in [2.45, 2.75) is 12.5 Å². The van der Waals surface area contributed by atoms with E-state index in [1.54, 1.807) is 31.2 Å². The summed E-state index contributed by atoms with van der Waals surface area (Å²) < 4.78 is 5.17. The number of alkyl halides is 1. The van der Waals surface area contributed by atoms with Crippen LogP contribution in [0.15, 0.2) is 24.3 Å². The van der Waals surface area contributed by atoms with Crippen LogP contribution in [0.2, 0.25) is 0 Å². The quantitative estimate of drug-likeness (QED) is 0.533. The summed E-state index contributed by atoms with van der Waals surface area (Å²) in [7, 11) is 0. The Hall–Kier alpha value is -1.02. The third-order valence-corrected chi connectivity index (χ3v) is 1.42. The Balaban J connectivity index is 2.89. The van der Waals surface area contributed by atoms with Crippen molar-refractivity contribution in [2.75, 3.05) is 0 Å². The minimum Gasteiger partial charge on any atom is -0.474 e. The van der Waals surface area contributed by atoms with Crippen molar-refractivity contribution in [1.82, 2.24) is 0 Å². The number of ether oxygens (including phenoxy) is 1. The summed E-state index contributed by atoms with van der Waals surface area (Å²) in [5.74, 6) is 0.523. The first-order valence-corrected chi connectivity index (χ1v) is 4.02. The first-order chi connectivity index (χ1) is 5.74. The Kier molecular flexibility index (Phi) is 3.11. The number of carbonyl (C=O) groups excluding carboxylic acids is 1. The van der Waals surface area contributed by atoms with Gasteiger partial charge in [0.1, 0.15) is 5.75 Å². The second-order valence-corrected chi connectivity index (χ2v) is 2.93. The van der Waals surface area contributed by atoms with Gasteiger partial charge in [0.05, 0.1) is 5.56 Å². The number of hydrogen-bond donors (Lipinski definition) is 0. The van der Waals surface area contributed by atoms with E-state index in [9.17, 15) is 4.79 Å². The molecule has 0 saturated carbocycles. The van der Waals surface area contributed by atoms with Gasteiger partial charge >= 0.3 is 0 Å². The number of para-hydroxylation sites is 1. The lowest BCUT2D eigenvalue weighted by molar-refractivity contribution is 0.111. The third-order valence-electron chi connectivity index (χ3n) is 1.34. The summed E-state index contributed by atoms with van der Waals surface area (Å²) in [6.07, 6.45) is 0.745. The van der Waals surface area contributed by atoms with Crippen LogP contribution in [-0.2, 0) is 0 Å². The van der Waals surface area contributed by atoms with Gasteiger partial charge in [-0.2, -0.15) is 0 Å². The van der Waals surface area contributed by atoms with E-state index < -0.39 is 5.56 Å². The van der Waals surface area contributed by atoms with Crippen molar-refractivity contribution >= 4 is 17.9 Å². The van der Waals surface area contributed by atoms with Crippen LogP contribution in [0.1, 0.15) is 17.3 Å². The summed E-state index contributed by atoms with van der Waals surface area (Å²) >= 11 is 5.60. The molecule has 0 heterocycles. The van der Waals surface area contributed by atoms with Gasteiger partial charge in [-0.25, -0.2) is 0 Å². The Morgan fingerprint density at radius 2 is 2.17 bits per heavy atom. The minimum atomic E-state index is -0.425. The Morgan fingerprint density at radius 3 is 2.75 bits per heavy atom. The van der Waals surface area contributed by atoms with Crippen LogP contribution in [0, 0.1) is 0 Å². The van der Waals surface area contributed by atoms with E-state index in [2.05, 4.69) is 0 Å². The molecule has 0 aliphatic rings. The third kappa shape index (κ3) is 2.24. The lowest BCUT2D eigenvalue weighted by atomic mass is 10.2. The van der Waals surface area contributed by atoms with Crippen LogP contribution in [0.4, 0.5) is 0 Å². The number of aldehydes is 1. The van der Waals surface area contributed by atoms with Crippen LogP contribution in [-0.4, -0.2) is 11.8 Å². The monoisotopic (exact) mass is 184 g/mol. The van der Waals surface area contributed by atoms with Crippen LogP contribution >= 0.6 is 11.6 Å². The fraction of sp³-hybridized carbons (Fsp3) is 0.222. The van der Waals surface area contributed by atoms with Crippen molar-refractivity contribution in [2.24, 2.45) is 0 Å². The number of rotatable bonds is 3. The van der Waals surface area contributed by atoms with Gasteiger partial charge in [-0.15, -0.1) is 0 Å². The maximum atomic E-state index is 10.5. The molecule has 1 aromatic rings. The normalized spacial score (nSPS) is 12.2. The highest BCUT2D eigenvalue weighted by atomic mass is 35.5. The average molecular weight is 185 g/mol. The van der Waals surface area contributed by atoms with E-state index >= 15 is 0 Å². The molecular weight excluding hydrogens is 176 g/mol. The lowest BCUT2D eigenvalue weighted by Crippen LogP contribution is -2.04. The van der Waals surface area contributed by atoms with Gasteiger partial charge in [0, 0.05) is 0 Å². The van der Waals surface area contributed by atoms with Crippen molar-refractivity contribution in [3.63, 3.8) is 0 Å². The highest BCUT2D eigenvalue weighted by Gasteiger charge is 2.03. The number of hydrogen-bond acceptors (Lipinski definition) is 2. The van der Waals surface area contributed by atoms with Crippen molar-refractivity contribution < 1.29 is 9.53 Å².